The van der Waals surface area contributed by atoms with E-state index in [1.54, 1.807) is 24.3 Å². The van der Waals surface area contributed by atoms with Gasteiger partial charge in [0, 0.05) is 25.2 Å². The maximum atomic E-state index is 13.4. The maximum Gasteiger partial charge on any atom is 0.335 e. The SMILES string of the molecule is Cc1cc(CN2CCC3(CC2)CC(=O)N(c2ccc(C(=O)O)cc2)C3)cc(C)c1-c1ccc(F)cc1. The number of nitrogens with zero attached hydrogens (tertiary/aromatic N) is 2. The maximum absolute atomic E-state index is 13.4. The van der Waals surface area contributed by atoms with Gasteiger partial charge in [0.2, 0.25) is 5.91 Å². The van der Waals surface area contributed by atoms with Gasteiger partial charge in [0.05, 0.1) is 5.56 Å². The van der Waals surface area contributed by atoms with E-state index in [0.29, 0.717) is 13.0 Å². The number of piperidine rings is 1. The summed E-state index contributed by atoms with van der Waals surface area (Å²) in [5, 5.41) is 9.13. The minimum atomic E-state index is -0.964. The molecule has 36 heavy (non-hydrogen) atoms. The summed E-state index contributed by atoms with van der Waals surface area (Å²) in [6, 6.07) is 17.7. The molecule has 0 unspecified atom stereocenters. The fourth-order valence-corrected chi connectivity index (χ4v) is 5.91. The van der Waals surface area contributed by atoms with Crippen molar-refractivity contribution in [2.24, 2.45) is 5.41 Å². The van der Waals surface area contributed by atoms with E-state index in [2.05, 4.69) is 30.9 Å². The molecule has 1 amide bonds. The number of aromatic carboxylic acids is 1. The molecule has 2 fully saturated rings. The Kier molecular flexibility index (Phi) is 6.39. The first-order valence-corrected chi connectivity index (χ1v) is 12.5. The first-order valence-electron chi connectivity index (χ1n) is 12.5. The van der Waals surface area contributed by atoms with Crippen LogP contribution in [0, 0.1) is 25.1 Å². The zero-order chi connectivity index (χ0) is 25.4. The van der Waals surface area contributed by atoms with Crippen molar-refractivity contribution in [3.63, 3.8) is 0 Å². The average Bonchev–Trinajstić information content (AvgIpc) is 3.17. The van der Waals surface area contributed by atoms with Crippen LogP contribution in [-0.2, 0) is 11.3 Å². The number of carbonyl (C=O) groups is 2. The van der Waals surface area contributed by atoms with E-state index >= 15 is 0 Å². The highest BCUT2D eigenvalue weighted by molar-refractivity contribution is 5.97. The molecule has 5 rings (SSSR count). The second-order valence-electron chi connectivity index (χ2n) is 10.4. The Morgan fingerprint density at radius 3 is 2.17 bits per heavy atom. The number of anilines is 1. The lowest BCUT2D eigenvalue weighted by atomic mass is 9.77. The van der Waals surface area contributed by atoms with Crippen LogP contribution in [-0.4, -0.2) is 41.5 Å². The van der Waals surface area contributed by atoms with Crippen molar-refractivity contribution in [2.75, 3.05) is 24.5 Å². The first kappa shape index (κ1) is 24.2. The Morgan fingerprint density at radius 1 is 0.972 bits per heavy atom. The largest absolute Gasteiger partial charge is 0.478 e. The predicted octanol–water partition coefficient (Wildman–Crippen LogP) is 5.83. The van der Waals surface area contributed by atoms with Crippen LogP contribution < -0.4 is 4.90 Å². The zero-order valence-corrected chi connectivity index (χ0v) is 20.8. The molecule has 3 aromatic rings. The molecule has 2 heterocycles. The lowest BCUT2D eigenvalue weighted by molar-refractivity contribution is -0.118. The highest BCUT2D eigenvalue weighted by Gasteiger charge is 2.45. The number of carboxylic acids is 1. The van der Waals surface area contributed by atoms with Crippen LogP contribution >= 0.6 is 0 Å². The standard InChI is InChI=1S/C30H31FN2O3/c1-20-15-22(16-21(2)28(20)23-3-7-25(31)8-4-23)18-32-13-11-30(12-14-32)17-27(34)33(19-30)26-9-5-24(6-10-26)29(35)36/h3-10,15-16H,11-14,17-19H2,1-2H3,(H,35,36). The number of hydrogen-bond acceptors (Lipinski definition) is 3. The predicted molar refractivity (Wildman–Crippen MR) is 139 cm³/mol. The smallest absolute Gasteiger partial charge is 0.335 e. The molecule has 0 aliphatic carbocycles. The number of benzene rings is 3. The van der Waals surface area contributed by atoms with Gasteiger partial charge in [-0.1, -0.05) is 24.3 Å². The normalized spacial score (nSPS) is 17.6. The number of carboxylic acid groups (broad SMARTS) is 1. The van der Waals surface area contributed by atoms with Gasteiger partial charge < -0.3 is 10.0 Å². The molecule has 5 nitrogen and oxygen atoms in total. The summed E-state index contributed by atoms with van der Waals surface area (Å²) >= 11 is 0. The van der Waals surface area contributed by atoms with E-state index in [9.17, 15) is 14.0 Å². The van der Waals surface area contributed by atoms with Crippen molar-refractivity contribution in [3.8, 4) is 11.1 Å². The van der Waals surface area contributed by atoms with E-state index in [1.807, 2.05) is 17.0 Å². The van der Waals surface area contributed by atoms with Gasteiger partial charge in [0.15, 0.2) is 0 Å². The Labute approximate surface area is 211 Å². The molecule has 2 saturated heterocycles. The Bertz CT molecular complexity index is 1270. The van der Waals surface area contributed by atoms with Crippen LogP contribution in [0.25, 0.3) is 11.1 Å². The zero-order valence-electron chi connectivity index (χ0n) is 20.8. The number of aryl methyl sites for hydroxylation is 2. The second kappa shape index (κ2) is 9.51. The minimum Gasteiger partial charge on any atom is -0.478 e. The van der Waals surface area contributed by atoms with Gasteiger partial charge in [-0.3, -0.25) is 9.69 Å². The summed E-state index contributed by atoms with van der Waals surface area (Å²) in [5.74, 6) is -1.07. The summed E-state index contributed by atoms with van der Waals surface area (Å²) < 4.78 is 13.4. The summed E-state index contributed by atoms with van der Waals surface area (Å²) in [6.45, 7) is 7.67. The van der Waals surface area contributed by atoms with Crippen molar-refractivity contribution in [2.45, 2.75) is 39.7 Å². The lowest BCUT2D eigenvalue weighted by Gasteiger charge is -2.39. The van der Waals surface area contributed by atoms with Crippen LogP contribution in [0.15, 0.2) is 60.7 Å². The Morgan fingerprint density at radius 2 is 1.58 bits per heavy atom. The van der Waals surface area contributed by atoms with Crippen molar-refractivity contribution in [1.29, 1.82) is 0 Å². The third-order valence-corrected chi connectivity index (χ3v) is 7.80. The number of carbonyl (C=O) groups excluding carboxylic acids is 1. The third kappa shape index (κ3) is 4.78. The molecule has 2 aliphatic rings. The molecule has 0 bridgehead atoms. The van der Waals surface area contributed by atoms with Gasteiger partial charge in [-0.05, 0) is 109 Å². The molecule has 0 radical (unpaired) electrons. The van der Waals surface area contributed by atoms with Gasteiger partial charge >= 0.3 is 5.97 Å². The van der Waals surface area contributed by atoms with Crippen LogP contribution in [0.1, 0.15) is 46.3 Å². The van der Waals surface area contributed by atoms with Gasteiger partial charge in [0.25, 0.3) is 0 Å². The molecule has 0 saturated carbocycles. The summed E-state index contributed by atoms with van der Waals surface area (Å²) in [5.41, 5.74) is 6.84. The van der Waals surface area contributed by atoms with Crippen molar-refractivity contribution in [1.82, 2.24) is 4.90 Å². The highest BCUT2D eigenvalue weighted by atomic mass is 19.1. The van der Waals surface area contributed by atoms with E-state index in [1.165, 1.54) is 28.8 Å². The monoisotopic (exact) mass is 486 g/mol. The summed E-state index contributed by atoms with van der Waals surface area (Å²) in [6.07, 6.45) is 2.48. The highest BCUT2D eigenvalue weighted by Crippen LogP contribution is 2.43. The molecular weight excluding hydrogens is 455 g/mol. The van der Waals surface area contributed by atoms with Crippen molar-refractivity contribution >= 4 is 17.6 Å². The quantitative estimate of drug-likeness (QED) is 0.493. The Hall–Kier alpha value is -3.51. The number of rotatable bonds is 5. The van der Waals surface area contributed by atoms with Crippen molar-refractivity contribution < 1.29 is 19.1 Å². The van der Waals surface area contributed by atoms with E-state index in [0.717, 1.165) is 49.3 Å². The molecule has 0 aromatic heterocycles. The Balaban J connectivity index is 1.23. The molecular formula is C30H31FN2O3. The van der Waals surface area contributed by atoms with E-state index in [4.69, 9.17) is 5.11 Å². The van der Waals surface area contributed by atoms with E-state index < -0.39 is 5.97 Å². The van der Waals surface area contributed by atoms with Crippen LogP contribution in [0.3, 0.4) is 0 Å². The molecule has 2 aliphatic heterocycles. The average molecular weight is 487 g/mol. The first-order chi connectivity index (χ1) is 17.2. The lowest BCUT2D eigenvalue weighted by Crippen LogP contribution is -2.41. The van der Waals surface area contributed by atoms with E-state index in [-0.39, 0.29) is 22.7 Å². The molecule has 3 aromatic carbocycles. The van der Waals surface area contributed by atoms with Gasteiger partial charge in [-0.2, -0.15) is 0 Å². The van der Waals surface area contributed by atoms with Gasteiger partial charge in [-0.15, -0.1) is 0 Å². The van der Waals surface area contributed by atoms with Crippen LogP contribution in [0.2, 0.25) is 0 Å². The number of likely N-dealkylation sites (tertiary alicyclic amines) is 1. The fourth-order valence-electron chi connectivity index (χ4n) is 5.91. The molecule has 186 valence electrons. The molecule has 1 spiro atoms. The van der Waals surface area contributed by atoms with Crippen LogP contribution in [0.4, 0.5) is 10.1 Å². The fraction of sp³-hybridized carbons (Fsp3) is 0.333. The second-order valence-corrected chi connectivity index (χ2v) is 10.4. The number of amides is 1. The molecule has 1 N–H and O–H groups in total. The van der Waals surface area contributed by atoms with Gasteiger partial charge in [-0.25, -0.2) is 9.18 Å². The molecule has 0 atom stereocenters. The van der Waals surface area contributed by atoms with Crippen LogP contribution in [0.5, 0.6) is 0 Å². The summed E-state index contributed by atoms with van der Waals surface area (Å²) in [4.78, 5) is 28.3. The third-order valence-electron chi connectivity index (χ3n) is 7.80. The summed E-state index contributed by atoms with van der Waals surface area (Å²) in [7, 11) is 0. The van der Waals surface area contributed by atoms with Crippen molar-refractivity contribution in [3.05, 3.63) is 88.7 Å². The topological polar surface area (TPSA) is 60.9 Å². The number of halogens is 1. The van der Waals surface area contributed by atoms with Gasteiger partial charge in [0.1, 0.15) is 5.82 Å². The minimum absolute atomic E-state index is 0.0165. The molecule has 6 heteroatoms. The number of hydrogen-bond donors (Lipinski definition) is 1.